The first-order valence-corrected chi connectivity index (χ1v) is 9.34. The van der Waals surface area contributed by atoms with Crippen LogP contribution in [0.1, 0.15) is 23.2 Å². The second-order valence-electron chi connectivity index (χ2n) is 5.85. The van der Waals surface area contributed by atoms with Crippen molar-refractivity contribution in [1.82, 2.24) is 19.7 Å². The molecule has 0 atom stereocenters. The molecule has 0 radical (unpaired) electrons. The number of methoxy groups -OCH3 is 1. The summed E-state index contributed by atoms with van der Waals surface area (Å²) in [5.74, 6) is 0.550. The van der Waals surface area contributed by atoms with Gasteiger partial charge >= 0.3 is 0 Å². The molecule has 1 saturated carbocycles. The van der Waals surface area contributed by atoms with E-state index in [1.165, 1.54) is 0 Å². The number of hydrogen-bond donors (Lipinski definition) is 1. The minimum absolute atomic E-state index is 0.0693. The van der Waals surface area contributed by atoms with Gasteiger partial charge in [-0.05, 0) is 62.9 Å². The molecule has 0 aliphatic heterocycles. The lowest BCUT2D eigenvalue weighted by Gasteiger charge is -2.11. The number of amides is 1. The summed E-state index contributed by atoms with van der Waals surface area (Å²) >= 11 is 6.82. The summed E-state index contributed by atoms with van der Waals surface area (Å²) in [5, 5.41) is 2.99. The van der Waals surface area contributed by atoms with E-state index in [1.807, 2.05) is 16.7 Å². The lowest BCUT2D eigenvalue weighted by atomic mass is 10.1. The molecule has 1 aliphatic carbocycles. The number of benzene rings is 1. The number of ether oxygens (including phenoxy) is 1. The molecule has 0 saturated heterocycles. The number of imidazole rings is 1. The number of nitrogens with one attached hydrogen (secondary N) is 1. The number of fused-ring (bicyclic) bond motifs is 1. The molecule has 1 aromatic carbocycles. The van der Waals surface area contributed by atoms with E-state index < -0.39 is 0 Å². The van der Waals surface area contributed by atoms with Gasteiger partial charge in [-0.2, -0.15) is 0 Å². The summed E-state index contributed by atoms with van der Waals surface area (Å²) < 4.78 is 8.78. The highest BCUT2D eigenvalue weighted by molar-refractivity contribution is 9.11. The van der Waals surface area contributed by atoms with E-state index in [1.54, 1.807) is 25.4 Å². The van der Waals surface area contributed by atoms with Gasteiger partial charge in [0.1, 0.15) is 10.4 Å². The second kappa shape index (κ2) is 6.42. The summed E-state index contributed by atoms with van der Waals surface area (Å²) in [6.07, 6.45) is 5.71. The van der Waals surface area contributed by atoms with Gasteiger partial charge in [0.25, 0.3) is 5.91 Å². The van der Waals surface area contributed by atoms with E-state index in [4.69, 9.17) is 4.74 Å². The molecule has 2 heterocycles. The van der Waals surface area contributed by atoms with E-state index in [9.17, 15) is 4.79 Å². The van der Waals surface area contributed by atoms with Crippen LogP contribution in [0, 0.1) is 0 Å². The standard InChI is InChI=1S/C17H14Br2N4O2/c1-25-13-6-9(17(24)21-10-3-4-10)2-5-11(13)12-7-20-16-15(19)22-14(18)8-23(12)16/h2,5-8,10H,3-4H2,1H3,(H,21,24). The first-order chi connectivity index (χ1) is 12.1. The van der Waals surface area contributed by atoms with Crippen LogP contribution in [0.4, 0.5) is 0 Å². The Bertz CT molecular complexity index is 982. The van der Waals surface area contributed by atoms with Gasteiger partial charge in [-0.25, -0.2) is 9.97 Å². The molecule has 1 fully saturated rings. The molecule has 3 aromatic rings. The van der Waals surface area contributed by atoms with Crippen molar-refractivity contribution in [2.75, 3.05) is 7.11 Å². The minimum atomic E-state index is -0.0693. The number of aromatic nitrogens is 3. The molecule has 1 aliphatic rings. The zero-order valence-corrected chi connectivity index (χ0v) is 16.5. The van der Waals surface area contributed by atoms with Crippen molar-refractivity contribution in [3.05, 3.63) is 45.4 Å². The van der Waals surface area contributed by atoms with Gasteiger partial charge in [-0.15, -0.1) is 0 Å². The highest BCUT2D eigenvalue weighted by Gasteiger charge is 2.24. The molecular weight excluding hydrogens is 452 g/mol. The number of carbonyl (C=O) groups is 1. The molecule has 1 amide bonds. The molecule has 0 unspecified atom stereocenters. The third-order valence-corrected chi connectivity index (χ3v) is 4.99. The van der Waals surface area contributed by atoms with Crippen LogP contribution in [0.3, 0.4) is 0 Å². The quantitative estimate of drug-likeness (QED) is 0.635. The van der Waals surface area contributed by atoms with Crippen molar-refractivity contribution in [2.24, 2.45) is 0 Å². The monoisotopic (exact) mass is 464 g/mol. The maximum absolute atomic E-state index is 12.3. The zero-order chi connectivity index (χ0) is 17.6. The maximum atomic E-state index is 12.3. The summed E-state index contributed by atoms with van der Waals surface area (Å²) in [5.41, 5.74) is 2.99. The molecular formula is C17H14Br2N4O2. The van der Waals surface area contributed by atoms with Crippen LogP contribution in [0.2, 0.25) is 0 Å². The fourth-order valence-electron chi connectivity index (χ4n) is 2.66. The Kier molecular flexibility index (Phi) is 4.24. The number of nitrogens with zero attached hydrogens (tertiary/aromatic N) is 3. The van der Waals surface area contributed by atoms with Gasteiger partial charge < -0.3 is 10.1 Å². The molecule has 128 valence electrons. The Balaban J connectivity index is 1.78. The Morgan fingerprint density at radius 1 is 1.36 bits per heavy atom. The van der Waals surface area contributed by atoms with E-state index in [0.29, 0.717) is 32.2 Å². The fourth-order valence-corrected chi connectivity index (χ4v) is 3.77. The van der Waals surface area contributed by atoms with Crippen LogP contribution >= 0.6 is 31.9 Å². The van der Waals surface area contributed by atoms with Crippen LogP contribution in [0.25, 0.3) is 16.9 Å². The molecule has 4 rings (SSSR count). The maximum Gasteiger partial charge on any atom is 0.251 e. The van der Waals surface area contributed by atoms with Crippen molar-refractivity contribution < 1.29 is 9.53 Å². The van der Waals surface area contributed by atoms with Crippen molar-refractivity contribution in [3.63, 3.8) is 0 Å². The Morgan fingerprint density at radius 3 is 2.88 bits per heavy atom. The Labute approximate surface area is 160 Å². The fraction of sp³-hybridized carbons (Fsp3) is 0.235. The molecule has 0 bridgehead atoms. The predicted octanol–water partition coefficient (Wildman–Crippen LogP) is 3.82. The highest BCUT2D eigenvalue weighted by Crippen LogP contribution is 2.33. The lowest BCUT2D eigenvalue weighted by Crippen LogP contribution is -2.25. The highest BCUT2D eigenvalue weighted by atomic mass is 79.9. The molecule has 2 aromatic heterocycles. The first-order valence-electron chi connectivity index (χ1n) is 7.75. The molecule has 6 nitrogen and oxygen atoms in total. The summed E-state index contributed by atoms with van der Waals surface area (Å²) in [6, 6.07) is 5.77. The van der Waals surface area contributed by atoms with Crippen LogP contribution < -0.4 is 10.1 Å². The third kappa shape index (κ3) is 3.16. The lowest BCUT2D eigenvalue weighted by molar-refractivity contribution is 0.0950. The van der Waals surface area contributed by atoms with E-state index in [2.05, 4.69) is 47.1 Å². The normalized spacial score (nSPS) is 13.9. The average Bonchev–Trinajstić information content (AvgIpc) is 3.30. The van der Waals surface area contributed by atoms with Gasteiger partial charge in [0.05, 0.1) is 19.0 Å². The average molecular weight is 466 g/mol. The van der Waals surface area contributed by atoms with Crippen molar-refractivity contribution in [1.29, 1.82) is 0 Å². The molecule has 1 N–H and O–H groups in total. The van der Waals surface area contributed by atoms with Gasteiger partial charge in [0.2, 0.25) is 0 Å². The van der Waals surface area contributed by atoms with Crippen molar-refractivity contribution in [2.45, 2.75) is 18.9 Å². The molecule has 0 spiro atoms. The Morgan fingerprint density at radius 2 is 2.16 bits per heavy atom. The van der Waals surface area contributed by atoms with Gasteiger partial charge in [-0.1, -0.05) is 0 Å². The topological polar surface area (TPSA) is 68.5 Å². The largest absolute Gasteiger partial charge is 0.496 e. The summed E-state index contributed by atoms with van der Waals surface area (Å²) in [4.78, 5) is 21.0. The van der Waals surface area contributed by atoms with Gasteiger partial charge in [0.15, 0.2) is 10.3 Å². The summed E-state index contributed by atoms with van der Waals surface area (Å²) in [7, 11) is 1.60. The minimum Gasteiger partial charge on any atom is -0.496 e. The van der Waals surface area contributed by atoms with Crippen LogP contribution in [0.15, 0.2) is 39.8 Å². The number of carbonyl (C=O) groups excluding carboxylic acids is 1. The second-order valence-corrected chi connectivity index (χ2v) is 7.42. The number of rotatable bonds is 4. The number of hydrogen-bond acceptors (Lipinski definition) is 4. The van der Waals surface area contributed by atoms with Gasteiger partial charge in [-0.3, -0.25) is 9.20 Å². The number of halogens is 2. The van der Waals surface area contributed by atoms with E-state index in [0.717, 1.165) is 24.1 Å². The van der Waals surface area contributed by atoms with Crippen LogP contribution in [0.5, 0.6) is 5.75 Å². The summed E-state index contributed by atoms with van der Waals surface area (Å²) in [6.45, 7) is 0. The van der Waals surface area contributed by atoms with Gasteiger partial charge in [0, 0.05) is 23.4 Å². The smallest absolute Gasteiger partial charge is 0.251 e. The van der Waals surface area contributed by atoms with Crippen molar-refractivity contribution in [3.8, 4) is 17.0 Å². The Hall–Kier alpha value is -1.93. The SMILES string of the molecule is COc1cc(C(=O)NC2CC2)ccc1-c1cnc2c(Br)nc(Br)cn12. The van der Waals surface area contributed by atoms with Crippen molar-refractivity contribution >= 4 is 43.4 Å². The third-order valence-electron chi connectivity index (χ3n) is 4.07. The molecule has 25 heavy (non-hydrogen) atoms. The van der Waals surface area contributed by atoms with Crippen LogP contribution in [-0.4, -0.2) is 33.4 Å². The van der Waals surface area contributed by atoms with E-state index in [-0.39, 0.29) is 5.91 Å². The first kappa shape index (κ1) is 16.5. The van der Waals surface area contributed by atoms with Crippen LogP contribution in [-0.2, 0) is 0 Å². The zero-order valence-electron chi connectivity index (χ0n) is 13.3. The van der Waals surface area contributed by atoms with E-state index >= 15 is 0 Å². The predicted molar refractivity (Wildman–Crippen MR) is 101 cm³/mol. The molecule has 8 heteroatoms.